The maximum absolute atomic E-state index is 13.9. The number of imide groups is 1. The van der Waals surface area contributed by atoms with E-state index in [9.17, 15) is 14.4 Å². The van der Waals surface area contributed by atoms with Gasteiger partial charge < -0.3 is 0 Å². The zero-order valence-corrected chi connectivity index (χ0v) is 18.0. The Morgan fingerprint density at radius 3 is 2.12 bits per heavy atom. The fourth-order valence-electron chi connectivity index (χ4n) is 5.30. The second kappa shape index (κ2) is 8.69. The average molecular weight is 430 g/mol. The van der Waals surface area contributed by atoms with Gasteiger partial charge in [0.25, 0.3) is 5.91 Å². The van der Waals surface area contributed by atoms with Crippen LogP contribution in [0.5, 0.6) is 0 Å². The van der Waals surface area contributed by atoms with Crippen LogP contribution in [0.4, 0.5) is 0 Å². The van der Waals surface area contributed by atoms with Crippen molar-refractivity contribution in [1.82, 2.24) is 9.80 Å². The molecule has 1 saturated heterocycles. The van der Waals surface area contributed by atoms with Crippen molar-refractivity contribution in [1.29, 1.82) is 0 Å². The fourth-order valence-corrected chi connectivity index (χ4v) is 5.30. The molecule has 32 heavy (non-hydrogen) atoms. The van der Waals surface area contributed by atoms with Crippen LogP contribution in [-0.4, -0.2) is 52.5 Å². The molecule has 2 aromatic carbocycles. The van der Waals surface area contributed by atoms with Crippen LogP contribution in [0.2, 0.25) is 0 Å². The number of carbonyl (C=O) groups is 3. The van der Waals surface area contributed by atoms with Gasteiger partial charge in [-0.1, -0.05) is 73.5 Å². The van der Waals surface area contributed by atoms with Crippen molar-refractivity contribution in [2.75, 3.05) is 13.1 Å². The predicted molar refractivity (Wildman–Crippen MR) is 121 cm³/mol. The maximum Gasteiger partial charge on any atom is 0.251 e. The standard InChI is InChI=1S/C26H27N3O3/c30-24-20-13-7-8-14-21(20)25(31)29(24)22(17-18-9-3-1-4-10-18)26(32)28-16-15-27-23(28)19-11-5-2-6-12-19/h1-6,9-12,20-22H,7-8,13-17H2. The van der Waals surface area contributed by atoms with Crippen molar-refractivity contribution in [3.8, 4) is 0 Å². The first-order valence-electron chi connectivity index (χ1n) is 11.5. The van der Waals surface area contributed by atoms with E-state index in [1.54, 1.807) is 4.90 Å². The van der Waals surface area contributed by atoms with Gasteiger partial charge in [-0.2, -0.15) is 0 Å². The van der Waals surface area contributed by atoms with Crippen molar-refractivity contribution >= 4 is 23.6 Å². The number of likely N-dealkylation sites (tertiary alicyclic amines) is 1. The van der Waals surface area contributed by atoms with Gasteiger partial charge in [0, 0.05) is 18.5 Å². The van der Waals surface area contributed by atoms with E-state index in [4.69, 9.17) is 0 Å². The third-order valence-corrected chi connectivity index (χ3v) is 6.88. The second-order valence-corrected chi connectivity index (χ2v) is 8.81. The number of aliphatic imine (C=N–C) groups is 1. The molecule has 2 aromatic rings. The molecular formula is C26H27N3O3. The molecule has 2 heterocycles. The molecule has 0 N–H and O–H groups in total. The van der Waals surface area contributed by atoms with Gasteiger partial charge in [0.05, 0.1) is 18.4 Å². The van der Waals surface area contributed by atoms with Crippen LogP contribution in [0.15, 0.2) is 65.7 Å². The molecular weight excluding hydrogens is 402 g/mol. The minimum atomic E-state index is -0.852. The zero-order valence-electron chi connectivity index (χ0n) is 18.0. The first kappa shape index (κ1) is 20.6. The van der Waals surface area contributed by atoms with E-state index >= 15 is 0 Å². The van der Waals surface area contributed by atoms with Gasteiger partial charge in [0.2, 0.25) is 11.8 Å². The normalized spacial score (nSPS) is 23.8. The molecule has 0 radical (unpaired) electrons. The maximum atomic E-state index is 13.9. The van der Waals surface area contributed by atoms with Crippen molar-refractivity contribution in [2.24, 2.45) is 16.8 Å². The van der Waals surface area contributed by atoms with Gasteiger partial charge in [-0.25, -0.2) is 0 Å². The molecule has 6 heteroatoms. The van der Waals surface area contributed by atoms with Gasteiger partial charge in [0.15, 0.2) is 0 Å². The van der Waals surface area contributed by atoms with Gasteiger partial charge >= 0.3 is 0 Å². The summed E-state index contributed by atoms with van der Waals surface area (Å²) >= 11 is 0. The minimum absolute atomic E-state index is 0.175. The van der Waals surface area contributed by atoms with Crippen molar-refractivity contribution in [2.45, 2.75) is 38.1 Å². The van der Waals surface area contributed by atoms with Crippen molar-refractivity contribution in [3.63, 3.8) is 0 Å². The van der Waals surface area contributed by atoms with Crippen LogP contribution in [0.1, 0.15) is 36.8 Å². The molecule has 3 unspecified atom stereocenters. The van der Waals surface area contributed by atoms with Crippen LogP contribution < -0.4 is 0 Å². The lowest BCUT2D eigenvalue weighted by Crippen LogP contribution is -2.53. The topological polar surface area (TPSA) is 70.1 Å². The van der Waals surface area contributed by atoms with E-state index in [-0.39, 0.29) is 29.6 Å². The lowest BCUT2D eigenvalue weighted by molar-refractivity contribution is -0.150. The third kappa shape index (κ3) is 3.64. The predicted octanol–water partition coefficient (Wildman–Crippen LogP) is 3.06. The molecule has 3 amide bonds. The summed E-state index contributed by atoms with van der Waals surface area (Å²) in [7, 11) is 0. The molecule has 0 bridgehead atoms. The van der Waals surface area contributed by atoms with Crippen LogP contribution in [0.3, 0.4) is 0 Å². The number of nitrogens with zero attached hydrogens (tertiary/aromatic N) is 3. The van der Waals surface area contributed by atoms with Crippen LogP contribution in [-0.2, 0) is 20.8 Å². The molecule has 164 valence electrons. The Morgan fingerprint density at radius 1 is 0.906 bits per heavy atom. The Morgan fingerprint density at radius 2 is 1.50 bits per heavy atom. The number of carbonyl (C=O) groups excluding carboxylic acids is 3. The van der Waals surface area contributed by atoms with E-state index in [1.807, 2.05) is 60.7 Å². The zero-order chi connectivity index (χ0) is 22.1. The lowest BCUT2D eigenvalue weighted by Gasteiger charge is -2.30. The summed E-state index contributed by atoms with van der Waals surface area (Å²) in [5.74, 6) is -0.511. The summed E-state index contributed by atoms with van der Waals surface area (Å²) in [6.45, 7) is 0.971. The third-order valence-electron chi connectivity index (χ3n) is 6.88. The number of hydrogen-bond acceptors (Lipinski definition) is 4. The molecule has 1 aliphatic carbocycles. The fraction of sp³-hybridized carbons (Fsp3) is 0.385. The molecule has 0 aromatic heterocycles. The quantitative estimate of drug-likeness (QED) is 0.686. The molecule has 0 spiro atoms. The van der Waals surface area contributed by atoms with Crippen LogP contribution in [0.25, 0.3) is 0 Å². The Balaban J connectivity index is 1.49. The minimum Gasteiger partial charge on any atom is -0.293 e. The summed E-state index contributed by atoms with van der Waals surface area (Å²) in [6, 6.07) is 18.4. The number of amides is 3. The monoisotopic (exact) mass is 429 g/mol. The van der Waals surface area contributed by atoms with E-state index in [0.717, 1.165) is 36.8 Å². The highest BCUT2D eigenvalue weighted by molar-refractivity contribution is 6.13. The number of rotatable bonds is 5. The molecule has 2 fully saturated rings. The van der Waals surface area contributed by atoms with E-state index in [2.05, 4.69) is 4.99 Å². The molecule has 2 aliphatic heterocycles. The summed E-state index contributed by atoms with van der Waals surface area (Å²) in [4.78, 5) is 48.2. The summed E-state index contributed by atoms with van der Waals surface area (Å²) < 4.78 is 0. The van der Waals surface area contributed by atoms with Gasteiger partial charge in [0.1, 0.15) is 11.9 Å². The van der Waals surface area contributed by atoms with Gasteiger partial charge in [-0.3, -0.25) is 29.2 Å². The van der Waals surface area contributed by atoms with Crippen LogP contribution >= 0.6 is 0 Å². The highest BCUT2D eigenvalue weighted by Crippen LogP contribution is 2.39. The van der Waals surface area contributed by atoms with Gasteiger partial charge in [-0.05, 0) is 18.4 Å². The Hall–Kier alpha value is -3.28. The highest BCUT2D eigenvalue weighted by atomic mass is 16.2. The molecule has 3 aliphatic rings. The van der Waals surface area contributed by atoms with E-state index < -0.39 is 6.04 Å². The van der Waals surface area contributed by atoms with E-state index in [0.29, 0.717) is 25.3 Å². The van der Waals surface area contributed by atoms with Crippen LogP contribution in [0, 0.1) is 11.8 Å². The Labute approximate surface area is 187 Å². The Kier molecular flexibility index (Phi) is 5.60. The highest BCUT2D eigenvalue weighted by Gasteiger charge is 2.52. The first-order valence-corrected chi connectivity index (χ1v) is 11.5. The largest absolute Gasteiger partial charge is 0.293 e. The number of amidine groups is 1. The summed E-state index contributed by atoms with van der Waals surface area (Å²) in [6.07, 6.45) is 3.70. The SMILES string of the molecule is O=C(C(Cc1ccccc1)N1C(=O)C2CCCCC2C1=O)N1CCN=C1c1ccccc1. The summed E-state index contributed by atoms with van der Waals surface area (Å²) in [5.41, 5.74) is 1.79. The van der Waals surface area contributed by atoms with Crippen molar-refractivity contribution < 1.29 is 14.4 Å². The van der Waals surface area contributed by atoms with Crippen molar-refractivity contribution in [3.05, 3.63) is 71.8 Å². The first-order chi connectivity index (χ1) is 15.6. The smallest absolute Gasteiger partial charge is 0.251 e. The average Bonchev–Trinajstić information content (AvgIpc) is 3.42. The number of fused-ring (bicyclic) bond motifs is 1. The Bertz CT molecular complexity index is 1030. The number of benzene rings is 2. The molecule has 3 atom stereocenters. The van der Waals surface area contributed by atoms with Gasteiger partial charge in [-0.15, -0.1) is 0 Å². The van der Waals surface area contributed by atoms with E-state index in [1.165, 1.54) is 4.90 Å². The second-order valence-electron chi connectivity index (χ2n) is 8.81. The molecule has 5 rings (SSSR count). The molecule has 1 saturated carbocycles. The number of hydrogen-bond donors (Lipinski definition) is 0. The molecule has 6 nitrogen and oxygen atoms in total. The lowest BCUT2D eigenvalue weighted by atomic mass is 9.81. The summed E-state index contributed by atoms with van der Waals surface area (Å²) in [5, 5.41) is 0.